The van der Waals surface area contributed by atoms with Crippen molar-refractivity contribution in [3.05, 3.63) is 18.6 Å². The fourth-order valence-electron chi connectivity index (χ4n) is 0.800. The summed E-state index contributed by atoms with van der Waals surface area (Å²) in [5, 5.41) is 10.5. The topological polar surface area (TPSA) is 42.7 Å². The first-order valence-corrected chi connectivity index (χ1v) is 2.76. The van der Waals surface area contributed by atoms with Crippen molar-refractivity contribution in [3.8, 4) is 0 Å². The highest BCUT2D eigenvalue weighted by molar-refractivity contribution is 5.31. The fraction of sp³-hybridized carbons (Fsp3) is 0.200. The number of aromatic nitrogens is 3. The van der Waals surface area contributed by atoms with Gasteiger partial charge in [-0.3, -0.25) is 4.57 Å². The standard InChI is InChI=1S/C5H6N4/c1-2-6-5-8-7-4-9(5)3-1/h1-2,4H,3H2,(H,6,8). The zero-order valence-corrected chi connectivity index (χ0v) is 4.78. The van der Waals surface area contributed by atoms with Gasteiger partial charge in [0.15, 0.2) is 0 Å². The van der Waals surface area contributed by atoms with E-state index in [9.17, 15) is 0 Å². The third-order valence-electron chi connectivity index (χ3n) is 1.25. The number of anilines is 1. The first kappa shape index (κ1) is 4.55. The van der Waals surface area contributed by atoms with Gasteiger partial charge in [-0.2, -0.15) is 0 Å². The molecule has 0 spiro atoms. The van der Waals surface area contributed by atoms with Crippen LogP contribution < -0.4 is 5.32 Å². The van der Waals surface area contributed by atoms with Crippen molar-refractivity contribution in [1.82, 2.24) is 14.8 Å². The molecule has 0 amide bonds. The molecule has 0 aromatic carbocycles. The van der Waals surface area contributed by atoms with Crippen LogP contribution in [-0.4, -0.2) is 14.8 Å². The van der Waals surface area contributed by atoms with Crippen LogP contribution in [-0.2, 0) is 6.54 Å². The highest BCUT2D eigenvalue weighted by Gasteiger charge is 2.01. The molecule has 0 radical (unpaired) electrons. The quantitative estimate of drug-likeness (QED) is 0.535. The predicted molar refractivity (Wildman–Crippen MR) is 32.8 cm³/mol. The van der Waals surface area contributed by atoms with Crippen molar-refractivity contribution in [2.45, 2.75) is 6.54 Å². The van der Waals surface area contributed by atoms with Crippen LogP contribution in [0.3, 0.4) is 0 Å². The highest BCUT2D eigenvalue weighted by Crippen LogP contribution is 2.05. The SMILES string of the molecule is C1=CNc2nncn2C1. The van der Waals surface area contributed by atoms with Crippen molar-refractivity contribution in [2.75, 3.05) is 5.32 Å². The summed E-state index contributed by atoms with van der Waals surface area (Å²) in [7, 11) is 0. The van der Waals surface area contributed by atoms with Crippen LogP contribution in [0.1, 0.15) is 0 Å². The van der Waals surface area contributed by atoms with E-state index in [-0.39, 0.29) is 0 Å². The Balaban J connectivity index is 2.46. The van der Waals surface area contributed by atoms with Crippen LogP contribution in [0.2, 0.25) is 0 Å². The van der Waals surface area contributed by atoms with E-state index in [1.807, 2.05) is 16.8 Å². The molecule has 2 heterocycles. The lowest BCUT2D eigenvalue weighted by molar-refractivity contribution is 0.811. The van der Waals surface area contributed by atoms with Crippen LogP contribution in [0, 0.1) is 0 Å². The summed E-state index contributed by atoms with van der Waals surface area (Å²) in [6, 6.07) is 0. The fourth-order valence-corrected chi connectivity index (χ4v) is 0.800. The minimum Gasteiger partial charge on any atom is -0.331 e. The molecule has 0 aliphatic carbocycles. The van der Waals surface area contributed by atoms with Crippen LogP contribution in [0.25, 0.3) is 0 Å². The lowest BCUT2D eigenvalue weighted by atomic mass is 10.5. The molecule has 0 saturated carbocycles. The number of hydrogen-bond donors (Lipinski definition) is 1. The van der Waals surface area contributed by atoms with Gasteiger partial charge < -0.3 is 5.32 Å². The van der Waals surface area contributed by atoms with Gasteiger partial charge in [-0.05, 0) is 6.08 Å². The minimum absolute atomic E-state index is 0.817. The van der Waals surface area contributed by atoms with E-state index in [0.29, 0.717) is 0 Å². The van der Waals surface area contributed by atoms with Gasteiger partial charge in [0.25, 0.3) is 0 Å². The zero-order chi connectivity index (χ0) is 6.10. The van der Waals surface area contributed by atoms with Crippen molar-refractivity contribution in [2.24, 2.45) is 0 Å². The summed E-state index contributed by atoms with van der Waals surface area (Å²) in [4.78, 5) is 0. The van der Waals surface area contributed by atoms with E-state index in [1.165, 1.54) is 0 Å². The molecule has 4 nitrogen and oxygen atoms in total. The Morgan fingerprint density at radius 2 is 2.67 bits per heavy atom. The van der Waals surface area contributed by atoms with Crippen LogP contribution in [0.15, 0.2) is 18.6 Å². The molecule has 0 fully saturated rings. The number of nitrogens with one attached hydrogen (secondary N) is 1. The second kappa shape index (κ2) is 1.58. The van der Waals surface area contributed by atoms with E-state index >= 15 is 0 Å². The van der Waals surface area contributed by atoms with Gasteiger partial charge in [0, 0.05) is 12.7 Å². The van der Waals surface area contributed by atoms with Crippen LogP contribution in [0.5, 0.6) is 0 Å². The third-order valence-corrected chi connectivity index (χ3v) is 1.25. The Morgan fingerprint density at radius 3 is 3.56 bits per heavy atom. The van der Waals surface area contributed by atoms with E-state index < -0.39 is 0 Å². The molecule has 0 unspecified atom stereocenters. The first-order chi connectivity index (χ1) is 4.47. The van der Waals surface area contributed by atoms with Crippen LogP contribution >= 0.6 is 0 Å². The molecule has 2 rings (SSSR count). The average Bonchev–Trinajstić information content (AvgIpc) is 2.33. The molecule has 0 bridgehead atoms. The van der Waals surface area contributed by atoms with Crippen LogP contribution in [0.4, 0.5) is 5.95 Å². The molecular weight excluding hydrogens is 116 g/mol. The maximum absolute atomic E-state index is 3.81. The van der Waals surface area contributed by atoms with Gasteiger partial charge in [0.05, 0.1) is 0 Å². The lowest BCUT2D eigenvalue weighted by Crippen LogP contribution is -2.05. The van der Waals surface area contributed by atoms with Gasteiger partial charge in [-0.1, -0.05) is 0 Å². The predicted octanol–water partition coefficient (Wildman–Crippen LogP) is 0.217. The second-order valence-electron chi connectivity index (χ2n) is 1.85. The monoisotopic (exact) mass is 122 g/mol. The zero-order valence-electron chi connectivity index (χ0n) is 4.78. The van der Waals surface area contributed by atoms with E-state index in [1.54, 1.807) is 6.33 Å². The summed E-state index contributed by atoms with van der Waals surface area (Å²) in [5.74, 6) is 0.817. The summed E-state index contributed by atoms with van der Waals surface area (Å²) in [5.41, 5.74) is 0. The van der Waals surface area contributed by atoms with E-state index in [2.05, 4.69) is 15.5 Å². The number of nitrogens with zero attached hydrogens (tertiary/aromatic N) is 3. The van der Waals surface area contributed by atoms with Gasteiger partial charge in [0.1, 0.15) is 6.33 Å². The number of hydrogen-bond acceptors (Lipinski definition) is 3. The van der Waals surface area contributed by atoms with Crippen molar-refractivity contribution >= 4 is 5.95 Å². The summed E-state index contributed by atoms with van der Waals surface area (Å²) in [6.45, 7) is 0.870. The minimum atomic E-state index is 0.817. The smallest absolute Gasteiger partial charge is 0.228 e. The van der Waals surface area contributed by atoms with Crippen molar-refractivity contribution in [1.29, 1.82) is 0 Å². The normalized spacial score (nSPS) is 14.7. The molecule has 0 atom stereocenters. The molecule has 0 saturated heterocycles. The molecule has 46 valence electrons. The van der Waals surface area contributed by atoms with E-state index in [4.69, 9.17) is 0 Å². The Morgan fingerprint density at radius 1 is 1.67 bits per heavy atom. The summed E-state index contributed by atoms with van der Waals surface area (Å²) < 4.78 is 1.93. The Hall–Kier alpha value is -1.32. The van der Waals surface area contributed by atoms with Crippen molar-refractivity contribution in [3.63, 3.8) is 0 Å². The van der Waals surface area contributed by atoms with Gasteiger partial charge >= 0.3 is 0 Å². The number of fused-ring (bicyclic) bond motifs is 1. The Bertz CT molecular complexity index is 214. The van der Waals surface area contributed by atoms with E-state index in [0.717, 1.165) is 12.5 Å². The Labute approximate surface area is 52.2 Å². The largest absolute Gasteiger partial charge is 0.331 e. The number of rotatable bonds is 0. The average molecular weight is 122 g/mol. The number of allylic oxidation sites excluding steroid dienone is 1. The second-order valence-corrected chi connectivity index (χ2v) is 1.85. The third kappa shape index (κ3) is 0.595. The summed E-state index contributed by atoms with van der Waals surface area (Å²) >= 11 is 0. The first-order valence-electron chi connectivity index (χ1n) is 2.76. The molecule has 1 N–H and O–H groups in total. The Kier molecular flexibility index (Phi) is 0.798. The van der Waals surface area contributed by atoms with Gasteiger partial charge in [0.2, 0.25) is 5.95 Å². The molecule has 1 aromatic heterocycles. The molecule has 9 heavy (non-hydrogen) atoms. The highest BCUT2D eigenvalue weighted by atomic mass is 15.3. The summed E-state index contributed by atoms with van der Waals surface area (Å²) in [6.07, 6.45) is 5.58. The van der Waals surface area contributed by atoms with Crippen molar-refractivity contribution < 1.29 is 0 Å². The molecule has 1 aliphatic rings. The maximum atomic E-state index is 3.81. The molecule has 1 aromatic rings. The van der Waals surface area contributed by atoms with Gasteiger partial charge in [-0.15, -0.1) is 10.2 Å². The molecule has 4 heteroatoms. The van der Waals surface area contributed by atoms with Gasteiger partial charge in [-0.25, -0.2) is 0 Å². The maximum Gasteiger partial charge on any atom is 0.228 e. The molecular formula is C5H6N4. The lowest BCUT2D eigenvalue weighted by Gasteiger charge is -2.06. The molecule has 1 aliphatic heterocycles.